The van der Waals surface area contributed by atoms with E-state index >= 15 is 0 Å². The molecule has 6 heteroatoms. The lowest BCUT2D eigenvalue weighted by Crippen LogP contribution is -2.13. The molecule has 3 aliphatic rings. The van der Waals surface area contributed by atoms with Gasteiger partial charge in [0.25, 0.3) is 0 Å². The van der Waals surface area contributed by atoms with Gasteiger partial charge in [-0.05, 0) is 67.5 Å². The van der Waals surface area contributed by atoms with E-state index in [1.165, 1.54) is 22.7 Å². The summed E-state index contributed by atoms with van der Waals surface area (Å²) in [4.78, 5) is 22.1. The van der Waals surface area contributed by atoms with Crippen molar-refractivity contribution in [2.45, 2.75) is 58.9 Å². The van der Waals surface area contributed by atoms with Crippen molar-refractivity contribution in [1.29, 1.82) is 0 Å². The minimum absolute atomic E-state index is 0.151. The third kappa shape index (κ3) is 5.29. The molecule has 0 amide bonds. The number of carboxylic acid groups (broad SMARTS) is 1. The highest BCUT2D eigenvalue weighted by molar-refractivity contribution is 5.96. The summed E-state index contributed by atoms with van der Waals surface area (Å²) in [5, 5.41) is 9.69. The van der Waals surface area contributed by atoms with Gasteiger partial charge in [-0.2, -0.15) is 0 Å². The number of benzene rings is 1. The molecule has 6 nitrogen and oxygen atoms in total. The van der Waals surface area contributed by atoms with E-state index in [4.69, 9.17) is 9.97 Å². The summed E-state index contributed by atoms with van der Waals surface area (Å²) in [7, 11) is 2.12. The summed E-state index contributed by atoms with van der Waals surface area (Å²) >= 11 is 0. The Balaban J connectivity index is 1.31. The lowest BCUT2D eigenvalue weighted by atomic mass is 9.98. The number of aryl methyl sites for hydroxylation is 2. The second-order valence-electron chi connectivity index (χ2n) is 11.4. The van der Waals surface area contributed by atoms with Gasteiger partial charge in [0.05, 0.1) is 22.6 Å². The average molecular weight is 559 g/mol. The number of carbonyl (C=O) groups is 1. The van der Waals surface area contributed by atoms with Crippen molar-refractivity contribution < 1.29 is 9.90 Å². The predicted octanol–water partition coefficient (Wildman–Crippen LogP) is 7.49. The Morgan fingerprint density at radius 1 is 1.12 bits per heavy atom. The fourth-order valence-corrected chi connectivity index (χ4v) is 6.30. The van der Waals surface area contributed by atoms with Crippen molar-refractivity contribution >= 4 is 28.8 Å². The van der Waals surface area contributed by atoms with Crippen molar-refractivity contribution in [2.75, 3.05) is 0 Å². The third-order valence-electron chi connectivity index (χ3n) is 8.44. The van der Waals surface area contributed by atoms with Crippen molar-refractivity contribution in [2.24, 2.45) is 13.0 Å². The molecule has 2 aromatic heterocycles. The first kappa shape index (κ1) is 27.7. The van der Waals surface area contributed by atoms with E-state index in [1.807, 2.05) is 18.2 Å². The summed E-state index contributed by atoms with van der Waals surface area (Å²) in [6, 6.07) is 7.18. The number of nitrogens with zero attached hydrogens (tertiary/aromatic N) is 4. The van der Waals surface area contributed by atoms with Crippen molar-refractivity contribution in [3.63, 3.8) is 0 Å². The monoisotopic (exact) mass is 558 g/mol. The van der Waals surface area contributed by atoms with Gasteiger partial charge in [0.1, 0.15) is 11.6 Å². The Morgan fingerprint density at radius 2 is 1.98 bits per heavy atom. The minimum Gasteiger partial charge on any atom is -0.478 e. The zero-order valence-corrected chi connectivity index (χ0v) is 24.7. The van der Waals surface area contributed by atoms with E-state index in [9.17, 15) is 9.90 Å². The van der Waals surface area contributed by atoms with Gasteiger partial charge in [-0.3, -0.25) is 0 Å². The van der Waals surface area contributed by atoms with E-state index in [1.54, 1.807) is 12.1 Å². The first-order valence-corrected chi connectivity index (χ1v) is 15.0. The smallest absolute Gasteiger partial charge is 0.336 e. The summed E-state index contributed by atoms with van der Waals surface area (Å²) in [6.07, 6.45) is 25.6. The molecular weight excluding hydrogens is 520 g/mol. The zero-order chi connectivity index (χ0) is 29.2. The molecule has 0 saturated carbocycles. The third-order valence-corrected chi connectivity index (χ3v) is 8.44. The van der Waals surface area contributed by atoms with E-state index in [0.29, 0.717) is 5.56 Å². The maximum atomic E-state index is 11.8. The highest BCUT2D eigenvalue weighted by Gasteiger charge is 2.23. The SMILES string of the molecule is CCCc1nc2c(n1CC1C=CC=C(c3ccccc3C(=O)O)C=C1)CC=C(c1nc3c(n1C)C=CCCC3)C=C2C. The van der Waals surface area contributed by atoms with Gasteiger partial charge in [0.2, 0.25) is 0 Å². The van der Waals surface area contributed by atoms with E-state index in [2.05, 4.69) is 78.6 Å². The molecule has 0 saturated heterocycles. The molecule has 0 bridgehead atoms. The van der Waals surface area contributed by atoms with Gasteiger partial charge in [0, 0.05) is 43.6 Å². The maximum absolute atomic E-state index is 11.8. The molecule has 0 spiro atoms. The molecule has 42 heavy (non-hydrogen) atoms. The molecule has 1 unspecified atom stereocenters. The summed E-state index contributed by atoms with van der Waals surface area (Å²) in [5.74, 6) is 1.38. The highest BCUT2D eigenvalue weighted by Crippen LogP contribution is 2.32. The average Bonchev–Trinajstić information content (AvgIpc) is 3.20. The van der Waals surface area contributed by atoms with Gasteiger partial charge in [-0.25, -0.2) is 14.8 Å². The van der Waals surface area contributed by atoms with Gasteiger partial charge < -0.3 is 14.2 Å². The Hall–Kier alpha value is -4.45. The number of fused-ring (bicyclic) bond motifs is 2. The van der Waals surface area contributed by atoms with Gasteiger partial charge in [0.15, 0.2) is 0 Å². The molecule has 6 rings (SSSR count). The Kier molecular flexibility index (Phi) is 7.79. The van der Waals surface area contributed by atoms with Crippen LogP contribution in [-0.4, -0.2) is 30.2 Å². The standard InChI is InChI=1S/C36H38N4O2/c1-4-11-33-38-34-24(2)22-27(35-37-30-16-6-5-7-17-31(30)39(35)3)20-21-32(34)40(33)23-25-12-10-13-26(19-18-25)28-14-8-9-15-29(28)36(41)42/h7-10,12-15,17-20,22,25H,4-6,11,16,21,23H2,1-3H3,(H,41,42). The number of imidazole rings is 2. The Labute approximate surface area is 247 Å². The lowest BCUT2D eigenvalue weighted by molar-refractivity contribution is 0.0696. The number of aromatic carboxylic acids is 1. The normalized spacial score (nSPS) is 17.9. The van der Waals surface area contributed by atoms with E-state index in [-0.39, 0.29) is 5.92 Å². The van der Waals surface area contributed by atoms with Crippen LogP contribution in [0.5, 0.6) is 0 Å². The quantitative estimate of drug-likeness (QED) is 0.326. The van der Waals surface area contributed by atoms with Crippen LogP contribution in [0.25, 0.3) is 22.8 Å². The van der Waals surface area contributed by atoms with Gasteiger partial charge in [-0.1, -0.05) is 67.7 Å². The topological polar surface area (TPSA) is 72.9 Å². The number of rotatable bonds is 7. The number of hydrogen-bond acceptors (Lipinski definition) is 3. The van der Waals surface area contributed by atoms with E-state index < -0.39 is 5.97 Å². The lowest BCUT2D eigenvalue weighted by Gasteiger charge is -2.15. The molecular formula is C36H38N4O2. The summed E-state index contributed by atoms with van der Waals surface area (Å²) in [5.41, 5.74) is 9.00. The Morgan fingerprint density at radius 3 is 2.81 bits per heavy atom. The second kappa shape index (κ2) is 11.8. The van der Waals surface area contributed by atoms with Crippen LogP contribution in [0.1, 0.15) is 83.5 Å². The fourth-order valence-electron chi connectivity index (χ4n) is 6.30. The predicted molar refractivity (Wildman–Crippen MR) is 170 cm³/mol. The number of carboxylic acids is 1. The van der Waals surface area contributed by atoms with Crippen LogP contribution >= 0.6 is 0 Å². The number of hydrogen-bond donors (Lipinski definition) is 1. The van der Waals surface area contributed by atoms with E-state index in [0.717, 1.165) is 79.1 Å². The molecule has 3 aliphatic carbocycles. The molecule has 1 atom stereocenters. The number of aromatic nitrogens is 4. The molecule has 0 fully saturated rings. The molecule has 214 valence electrons. The van der Waals surface area contributed by atoms with Crippen molar-refractivity contribution in [1.82, 2.24) is 19.1 Å². The van der Waals surface area contributed by atoms with Crippen LogP contribution < -0.4 is 0 Å². The van der Waals surface area contributed by atoms with Crippen LogP contribution in [0.2, 0.25) is 0 Å². The van der Waals surface area contributed by atoms with Gasteiger partial charge >= 0.3 is 5.97 Å². The molecule has 0 aliphatic heterocycles. The summed E-state index contributed by atoms with van der Waals surface area (Å²) < 4.78 is 4.66. The highest BCUT2D eigenvalue weighted by atomic mass is 16.4. The van der Waals surface area contributed by atoms with Crippen LogP contribution in [-0.2, 0) is 32.9 Å². The second-order valence-corrected chi connectivity index (χ2v) is 11.4. The molecule has 1 aromatic carbocycles. The fraction of sp³-hybridized carbons (Fsp3) is 0.306. The van der Waals surface area contributed by atoms with Crippen LogP contribution in [0, 0.1) is 5.92 Å². The van der Waals surface area contributed by atoms with Crippen LogP contribution in [0.4, 0.5) is 0 Å². The van der Waals surface area contributed by atoms with Crippen LogP contribution in [0.15, 0.2) is 72.9 Å². The molecule has 0 radical (unpaired) electrons. The maximum Gasteiger partial charge on any atom is 0.336 e. The minimum atomic E-state index is -0.913. The molecule has 3 aromatic rings. The molecule has 1 N–H and O–H groups in total. The molecule has 2 heterocycles. The first-order chi connectivity index (χ1) is 20.4. The van der Waals surface area contributed by atoms with Crippen molar-refractivity contribution in [3.05, 3.63) is 118 Å². The number of allylic oxidation sites excluding steroid dienone is 11. The first-order valence-electron chi connectivity index (χ1n) is 15.0. The van der Waals surface area contributed by atoms with Gasteiger partial charge in [-0.15, -0.1) is 0 Å². The zero-order valence-electron chi connectivity index (χ0n) is 24.7. The largest absolute Gasteiger partial charge is 0.478 e. The van der Waals surface area contributed by atoms with Crippen molar-refractivity contribution in [3.8, 4) is 0 Å². The Bertz CT molecular complexity index is 1720. The summed E-state index contributed by atoms with van der Waals surface area (Å²) in [6.45, 7) is 5.15. The van der Waals surface area contributed by atoms with Crippen LogP contribution in [0.3, 0.4) is 0 Å².